The number of rotatable bonds is 9. The molecule has 2 rings (SSSR count). The molecule has 1 saturated heterocycles. The maximum Gasteiger partial charge on any atom is 0.320 e. The van der Waals surface area contributed by atoms with Gasteiger partial charge in [0.2, 0.25) is 0 Å². The smallest absolute Gasteiger partial charge is 0.320 e. The fraction of sp³-hybridized carbons (Fsp3) is 0.765. The predicted molar refractivity (Wildman–Crippen MR) is 95.1 cm³/mol. The van der Waals surface area contributed by atoms with Crippen LogP contribution in [-0.4, -0.2) is 58.1 Å². The monoisotopic (exact) mass is 337 g/mol. The number of carbonyl (C=O) groups excluding carboxylic acids is 1. The minimum atomic E-state index is -0.185. The Morgan fingerprint density at radius 1 is 1.46 bits per heavy atom. The van der Waals surface area contributed by atoms with Gasteiger partial charge in [-0.1, -0.05) is 13.3 Å². The van der Waals surface area contributed by atoms with Crippen molar-refractivity contribution >= 4 is 11.8 Å². The summed E-state index contributed by atoms with van der Waals surface area (Å²) >= 11 is 0. The number of nitrogens with zero attached hydrogens (tertiary/aromatic N) is 3. The van der Waals surface area contributed by atoms with E-state index in [-0.39, 0.29) is 12.6 Å². The molecule has 7 heteroatoms. The topological polar surface area (TPSA) is 82.4 Å². The maximum absolute atomic E-state index is 11.9. The molecule has 0 aromatic carbocycles. The van der Waals surface area contributed by atoms with E-state index in [4.69, 9.17) is 0 Å². The highest BCUT2D eigenvalue weighted by Crippen LogP contribution is 2.16. The number of anilines is 1. The molecule has 0 radical (unpaired) electrons. The van der Waals surface area contributed by atoms with Crippen LogP contribution >= 0.6 is 0 Å². The second-order valence-electron chi connectivity index (χ2n) is 6.50. The molecule has 1 aromatic heterocycles. The van der Waals surface area contributed by atoms with Crippen LogP contribution in [0.4, 0.5) is 10.6 Å². The average Bonchev–Trinajstić information content (AvgIpc) is 3.14. The van der Waals surface area contributed by atoms with Crippen LogP contribution in [0.5, 0.6) is 0 Å². The van der Waals surface area contributed by atoms with Crippen molar-refractivity contribution < 1.29 is 9.90 Å². The molecule has 0 aliphatic carbocycles. The van der Waals surface area contributed by atoms with Crippen LogP contribution < -0.4 is 10.6 Å². The lowest BCUT2D eigenvalue weighted by atomic mass is 10.2. The molecule has 136 valence electrons. The lowest BCUT2D eigenvalue weighted by Gasteiger charge is -2.22. The van der Waals surface area contributed by atoms with Gasteiger partial charge in [0.05, 0.1) is 12.3 Å². The number of likely N-dealkylation sites (tertiary alicyclic amines) is 1. The second-order valence-corrected chi connectivity index (χ2v) is 6.50. The average molecular weight is 337 g/mol. The van der Waals surface area contributed by atoms with Crippen LogP contribution in [0.15, 0.2) is 6.07 Å². The summed E-state index contributed by atoms with van der Waals surface area (Å²) in [6.07, 6.45) is 6.20. The number of aromatic nitrogens is 2. The molecule has 0 bridgehead atoms. The van der Waals surface area contributed by atoms with Gasteiger partial charge in [0.25, 0.3) is 0 Å². The summed E-state index contributed by atoms with van der Waals surface area (Å²) in [4.78, 5) is 14.3. The summed E-state index contributed by atoms with van der Waals surface area (Å²) in [5.41, 5.74) is 0.999. The SMILES string of the molecule is CCCc1cc(NC(=O)NCCCCN2CCCC2CO)n(C)n1. The van der Waals surface area contributed by atoms with Crippen molar-refractivity contribution in [1.29, 1.82) is 0 Å². The molecular formula is C17H31N5O2. The molecule has 2 heterocycles. The third kappa shape index (κ3) is 5.49. The van der Waals surface area contributed by atoms with E-state index >= 15 is 0 Å². The number of nitrogens with one attached hydrogen (secondary N) is 2. The minimum absolute atomic E-state index is 0.185. The Hall–Kier alpha value is -1.60. The third-order valence-corrected chi connectivity index (χ3v) is 4.55. The standard InChI is InChI=1S/C17H31N5O2/c1-3-7-14-12-16(21(2)20-14)19-17(24)18-9-4-5-10-22-11-6-8-15(22)13-23/h12,15,23H,3-11,13H2,1-2H3,(H2,18,19,24). The molecule has 3 N–H and O–H groups in total. The summed E-state index contributed by atoms with van der Waals surface area (Å²) in [6.45, 7) is 5.10. The van der Waals surface area contributed by atoms with E-state index in [1.807, 2.05) is 13.1 Å². The first-order valence-electron chi connectivity index (χ1n) is 9.06. The van der Waals surface area contributed by atoms with Gasteiger partial charge in [-0.25, -0.2) is 4.79 Å². The van der Waals surface area contributed by atoms with Crippen LogP contribution in [0.25, 0.3) is 0 Å². The number of aryl methyl sites for hydroxylation is 2. The molecule has 1 atom stereocenters. The van der Waals surface area contributed by atoms with Crippen LogP contribution in [0.3, 0.4) is 0 Å². The van der Waals surface area contributed by atoms with Crippen molar-refractivity contribution in [3.05, 3.63) is 11.8 Å². The Morgan fingerprint density at radius 2 is 2.29 bits per heavy atom. The van der Waals surface area contributed by atoms with Gasteiger partial charge in [-0.05, 0) is 45.2 Å². The van der Waals surface area contributed by atoms with E-state index in [2.05, 4.69) is 27.6 Å². The molecule has 7 nitrogen and oxygen atoms in total. The van der Waals surface area contributed by atoms with E-state index in [9.17, 15) is 9.90 Å². The van der Waals surface area contributed by atoms with Gasteiger partial charge in [0.1, 0.15) is 5.82 Å². The first kappa shape index (κ1) is 18.7. The molecule has 1 fully saturated rings. The normalized spacial score (nSPS) is 18.0. The highest BCUT2D eigenvalue weighted by Gasteiger charge is 2.22. The molecule has 1 aliphatic heterocycles. The van der Waals surface area contributed by atoms with Gasteiger partial charge in [-0.3, -0.25) is 14.9 Å². The van der Waals surface area contributed by atoms with Gasteiger partial charge >= 0.3 is 6.03 Å². The molecule has 24 heavy (non-hydrogen) atoms. The zero-order valence-corrected chi connectivity index (χ0v) is 14.9. The summed E-state index contributed by atoms with van der Waals surface area (Å²) < 4.78 is 1.70. The van der Waals surface area contributed by atoms with Gasteiger partial charge in [0, 0.05) is 25.7 Å². The lowest BCUT2D eigenvalue weighted by molar-refractivity contribution is 0.157. The number of hydrogen-bond donors (Lipinski definition) is 3. The molecule has 1 aliphatic rings. The summed E-state index contributed by atoms with van der Waals surface area (Å²) in [5, 5.41) is 19.4. The Labute approximate surface area is 144 Å². The number of carbonyl (C=O) groups is 1. The van der Waals surface area contributed by atoms with E-state index in [1.54, 1.807) is 4.68 Å². The van der Waals surface area contributed by atoms with Crippen LogP contribution in [-0.2, 0) is 13.5 Å². The Balaban J connectivity index is 1.61. The summed E-state index contributed by atoms with van der Waals surface area (Å²) in [6, 6.07) is 2.07. The van der Waals surface area contributed by atoms with Crippen molar-refractivity contribution in [2.75, 3.05) is 31.6 Å². The zero-order valence-electron chi connectivity index (χ0n) is 14.9. The third-order valence-electron chi connectivity index (χ3n) is 4.55. The predicted octanol–water partition coefficient (Wildman–Crippen LogP) is 1.73. The Bertz CT molecular complexity index is 517. The number of aliphatic hydroxyl groups excluding tert-OH is 1. The zero-order chi connectivity index (χ0) is 17.4. The molecule has 2 amide bonds. The first-order valence-corrected chi connectivity index (χ1v) is 9.06. The number of amides is 2. The minimum Gasteiger partial charge on any atom is -0.395 e. The number of hydrogen-bond acceptors (Lipinski definition) is 4. The number of unbranched alkanes of at least 4 members (excludes halogenated alkanes) is 1. The van der Waals surface area contributed by atoms with Gasteiger partial charge in [-0.2, -0.15) is 5.10 Å². The van der Waals surface area contributed by atoms with Crippen molar-refractivity contribution in [2.24, 2.45) is 7.05 Å². The van der Waals surface area contributed by atoms with Crippen LogP contribution in [0.1, 0.15) is 44.7 Å². The maximum atomic E-state index is 11.9. The van der Waals surface area contributed by atoms with Crippen LogP contribution in [0.2, 0.25) is 0 Å². The highest BCUT2D eigenvalue weighted by molar-refractivity contribution is 5.88. The number of aliphatic hydroxyl groups is 1. The van der Waals surface area contributed by atoms with Gasteiger partial charge < -0.3 is 10.4 Å². The van der Waals surface area contributed by atoms with Crippen molar-refractivity contribution in [3.8, 4) is 0 Å². The second kappa shape index (κ2) is 9.64. The quantitative estimate of drug-likeness (QED) is 0.599. The van der Waals surface area contributed by atoms with Crippen molar-refractivity contribution in [3.63, 3.8) is 0 Å². The highest BCUT2D eigenvalue weighted by atomic mass is 16.3. The molecule has 0 spiro atoms. The molecule has 1 unspecified atom stereocenters. The van der Waals surface area contributed by atoms with Crippen molar-refractivity contribution in [2.45, 2.75) is 51.5 Å². The van der Waals surface area contributed by atoms with Gasteiger partial charge in [0.15, 0.2) is 0 Å². The summed E-state index contributed by atoms with van der Waals surface area (Å²) in [5.74, 6) is 0.721. The van der Waals surface area contributed by atoms with Gasteiger partial charge in [-0.15, -0.1) is 0 Å². The lowest BCUT2D eigenvalue weighted by Crippen LogP contribution is -2.34. The Morgan fingerprint density at radius 3 is 3.04 bits per heavy atom. The first-order chi connectivity index (χ1) is 11.6. The largest absolute Gasteiger partial charge is 0.395 e. The number of urea groups is 1. The fourth-order valence-corrected chi connectivity index (χ4v) is 3.22. The fourth-order valence-electron chi connectivity index (χ4n) is 3.22. The van der Waals surface area contributed by atoms with E-state index < -0.39 is 0 Å². The van der Waals surface area contributed by atoms with E-state index in [1.165, 1.54) is 6.42 Å². The molecule has 0 saturated carbocycles. The molecular weight excluding hydrogens is 306 g/mol. The Kier molecular flexibility index (Phi) is 7.52. The summed E-state index contributed by atoms with van der Waals surface area (Å²) in [7, 11) is 1.84. The van der Waals surface area contributed by atoms with E-state index in [0.29, 0.717) is 12.6 Å². The van der Waals surface area contributed by atoms with Crippen LogP contribution in [0, 0.1) is 0 Å². The van der Waals surface area contributed by atoms with Crippen molar-refractivity contribution in [1.82, 2.24) is 20.0 Å². The van der Waals surface area contributed by atoms with E-state index in [0.717, 1.165) is 56.7 Å². The molecule has 1 aromatic rings.